The van der Waals surface area contributed by atoms with Crippen LogP contribution in [0.4, 0.5) is 4.79 Å². The predicted molar refractivity (Wildman–Crippen MR) is 97.9 cm³/mol. The fourth-order valence-electron chi connectivity index (χ4n) is 3.31. The van der Waals surface area contributed by atoms with Crippen molar-refractivity contribution in [1.82, 2.24) is 14.9 Å². The summed E-state index contributed by atoms with van der Waals surface area (Å²) in [4.78, 5) is 21.5. The molecule has 0 saturated heterocycles. The van der Waals surface area contributed by atoms with Gasteiger partial charge < -0.3 is 19.1 Å². The zero-order valence-corrected chi connectivity index (χ0v) is 15.8. The van der Waals surface area contributed by atoms with E-state index in [0.29, 0.717) is 22.2 Å². The Hall–Kier alpha value is -2.28. The number of carbonyl (C=O) groups excluding carboxylic acids is 1. The Morgan fingerprint density at radius 3 is 2.54 bits per heavy atom. The predicted octanol–water partition coefficient (Wildman–Crippen LogP) is 3.68. The number of ether oxygens (including phenoxy) is 3. The van der Waals surface area contributed by atoms with E-state index in [4.69, 9.17) is 25.8 Å². The first kappa shape index (κ1) is 18.5. The van der Waals surface area contributed by atoms with Gasteiger partial charge in [0, 0.05) is 24.5 Å². The third kappa shape index (κ3) is 3.77. The van der Waals surface area contributed by atoms with Crippen LogP contribution in [0.1, 0.15) is 25.7 Å². The molecular weight excluding hydrogens is 358 g/mol. The fraction of sp³-hybridized carbons (Fsp3) is 0.500. The Balaban J connectivity index is 1.72. The number of halogens is 1. The Labute approximate surface area is 157 Å². The fourth-order valence-corrected chi connectivity index (χ4v) is 3.50. The Morgan fingerprint density at radius 2 is 1.88 bits per heavy atom. The molecule has 3 rings (SSSR count). The minimum Gasteiger partial charge on any atom is -0.493 e. The van der Waals surface area contributed by atoms with E-state index in [-0.39, 0.29) is 18.2 Å². The highest BCUT2D eigenvalue weighted by atomic mass is 35.5. The summed E-state index contributed by atoms with van der Waals surface area (Å²) in [5.41, 5.74) is 0.706. The first-order valence-electron chi connectivity index (χ1n) is 8.49. The van der Waals surface area contributed by atoms with Crippen molar-refractivity contribution in [2.45, 2.75) is 37.8 Å². The van der Waals surface area contributed by atoms with Gasteiger partial charge in [0.15, 0.2) is 11.5 Å². The molecule has 1 fully saturated rings. The zero-order valence-electron chi connectivity index (χ0n) is 15.1. The van der Waals surface area contributed by atoms with E-state index >= 15 is 0 Å². The van der Waals surface area contributed by atoms with Gasteiger partial charge in [-0.15, -0.1) is 0 Å². The van der Waals surface area contributed by atoms with Crippen LogP contribution < -0.4 is 9.47 Å². The molecule has 1 aliphatic carbocycles. The first-order chi connectivity index (χ1) is 12.5. The highest BCUT2D eigenvalue weighted by Crippen LogP contribution is 2.36. The molecule has 0 N–H and O–H groups in total. The van der Waals surface area contributed by atoms with Gasteiger partial charge >= 0.3 is 6.09 Å². The van der Waals surface area contributed by atoms with E-state index in [1.165, 1.54) is 13.4 Å². The molecule has 2 aromatic rings. The highest BCUT2D eigenvalue weighted by Gasteiger charge is 2.28. The first-order valence-corrected chi connectivity index (χ1v) is 8.87. The molecule has 8 heteroatoms. The van der Waals surface area contributed by atoms with Crippen molar-refractivity contribution >= 4 is 28.6 Å². The second-order valence-electron chi connectivity index (χ2n) is 6.31. The Bertz CT molecular complexity index is 793. The lowest BCUT2D eigenvalue weighted by molar-refractivity contribution is 0.0801. The minimum atomic E-state index is -0.305. The maximum absolute atomic E-state index is 11.7. The van der Waals surface area contributed by atoms with Crippen LogP contribution in [0.15, 0.2) is 18.5 Å². The van der Waals surface area contributed by atoms with Crippen LogP contribution in [-0.2, 0) is 4.74 Å². The monoisotopic (exact) mass is 379 g/mol. The standard InChI is InChI=1S/C18H22ClN3O4/c1-22(18(23)25-3)11-4-6-12(7-5-11)26-16-8-13-14(9-15(16)24-2)20-10-21-17(13)19/h8-12H,4-7H2,1-3H3/t11-,12-. The molecular formula is C18H22ClN3O4. The van der Waals surface area contributed by atoms with Crippen molar-refractivity contribution in [2.24, 2.45) is 0 Å². The number of fused-ring (bicyclic) bond motifs is 1. The van der Waals surface area contributed by atoms with Gasteiger partial charge in [0.2, 0.25) is 0 Å². The average Bonchev–Trinajstić information content (AvgIpc) is 2.67. The topological polar surface area (TPSA) is 73.8 Å². The molecule has 1 heterocycles. The van der Waals surface area contributed by atoms with Crippen LogP contribution >= 0.6 is 11.6 Å². The van der Waals surface area contributed by atoms with Crippen molar-refractivity contribution in [3.63, 3.8) is 0 Å². The molecule has 0 unspecified atom stereocenters. The molecule has 0 atom stereocenters. The number of nitrogens with zero attached hydrogens (tertiary/aromatic N) is 3. The van der Waals surface area contributed by atoms with E-state index in [0.717, 1.165) is 31.1 Å². The lowest BCUT2D eigenvalue weighted by atomic mass is 9.92. The van der Waals surface area contributed by atoms with Gasteiger partial charge in [0.05, 0.1) is 25.8 Å². The van der Waals surface area contributed by atoms with E-state index in [1.54, 1.807) is 25.1 Å². The van der Waals surface area contributed by atoms with Gasteiger partial charge in [-0.1, -0.05) is 11.6 Å². The van der Waals surface area contributed by atoms with E-state index in [9.17, 15) is 4.79 Å². The lowest BCUT2D eigenvalue weighted by Gasteiger charge is -2.34. The van der Waals surface area contributed by atoms with Crippen molar-refractivity contribution in [3.8, 4) is 11.5 Å². The summed E-state index contributed by atoms with van der Waals surface area (Å²) < 4.78 is 16.4. The maximum Gasteiger partial charge on any atom is 0.409 e. The summed E-state index contributed by atoms with van der Waals surface area (Å²) in [5, 5.41) is 1.11. The van der Waals surface area contributed by atoms with Gasteiger partial charge in [-0.2, -0.15) is 0 Å². The van der Waals surface area contributed by atoms with Crippen LogP contribution in [0.5, 0.6) is 11.5 Å². The molecule has 1 amide bonds. The quantitative estimate of drug-likeness (QED) is 0.754. The van der Waals surface area contributed by atoms with Crippen LogP contribution in [-0.4, -0.2) is 54.4 Å². The van der Waals surface area contributed by atoms with Gasteiger partial charge in [0.25, 0.3) is 0 Å². The number of hydrogen-bond acceptors (Lipinski definition) is 6. The molecule has 0 bridgehead atoms. The Morgan fingerprint density at radius 1 is 1.15 bits per heavy atom. The van der Waals surface area contributed by atoms with Crippen molar-refractivity contribution in [1.29, 1.82) is 0 Å². The van der Waals surface area contributed by atoms with Crippen LogP contribution in [0, 0.1) is 0 Å². The summed E-state index contributed by atoms with van der Waals surface area (Å²) in [6.07, 6.45) is 4.56. The highest BCUT2D eigenvalue weighted by molar-refractivity contribution is 6.34. The van der Waals surface area contributed by atoms with E-state index in [2.05, 4.69) is 9.97 Å². The summed E-state index contributed by atoms with van der Waals surface area (Å²) in [5.74, 6) is 1.24. The normalized spacial score (nSPS) is 19.8. The molecule has 0 radical (unpaired) electrons. The van der Waals surface area contributed by atoms with Crippen LogP contribution in [0.2, 0.25) is 5.15 Å². The summed E-state index contributed by atoms with van der Waals surface area (Å²) in [6, 6.07) is 3.79. The summed E-state index contributed by atoms with van der Waals surface area (Å²) in [7, 11) is 4.76. The lowest BCUT2D eigenvalue weighted by Crippen LogP contribution is -2.41. The number of amides is 1. The number of aromatic nitrogens is 2. The maximum atomic E-state index is 11.7. The molecule has 1 aliphatic rings. The van der Waals surface area contributed by atoms with E-state index < -0.39 is 0 Å². The van der Waals surface area contributed by atoms with Crippen molar-refractivity contribution in [2.75, 3.05) is 21.3 Å². The van der Waals surface area contributed by atoms with Gasteiger partial charge in [-0.3, -0.25) is 0 Å². The van der Waals surface area contributed by atoms with Crippen LogP contribution in [0.3, 0.4) is 0 Å². The van der Waals surface area contributed by atoms with Gasteiger partial charge in [-0.05, 0) is 31.7 Å². The van der Waals surface area contributed by atoms with Gasteiger partial charge in [-0.25, -0.2) is 14.8 Å². The molecule has 140 valence electrons. The number of methoxy groups -OCH3 is 2. The van der Waals surface area contributed by atoms with Crippen molar-refractivity contribution in [3.05, 3.63) is 23.6 Å². The van der Waals surface area contributed by atoms with Crippen molar-refractivity contribution < 1.29 is 19.0 Å². The average molecular weight is 380 g/mol. The second kappa shape index (κ2) is 7.95. The SMILES string of the molecule is COC(=O)N(C)[C@H]1CC[C@H](Oc2cc3c(Cl)ncnc3cc2OC)CC1. The number of benzene rings is 1. The largest absolute Gasteiger partial charge is 0.493 e. The number of hydrogen-bond donors (Lipinski definition) is 0. The van der Waals surface area contributed by atoms with Gasteiger partial charge in [0.1, 0.15) is 11.5 Å². The molecule has 1 aromatic heterocycles. The molecule has 7 nitrogen and oxygen atoms in total. The molecule has 26 heavy (non-hydrogen) atoms. The minimum absolute atomic E-state index is 0.0482. The third-order valence-electron chi connectivity index (χ3n) is 4.82. The second-order valence-corrected chi connectivity index (χ2v) is 6.67. The smallest absolute Gasteiger partial charge is 0.409 e. The summed E-state index contributed by atoms with van der Waals surface area (Å²) in [6.45, 7) is 0. The molecule has 0 spiro atoms. The number of carbonyl (C=O) groups is 1. The van der Waals surface area contributed by atoms with E-state index in [1.807, 2.05) is 6.07 Å². The summed E-state index contributed by atoms with van der Waals surface area (Å²) >= 11 is 6.17. The third-order valence-corrected chi connectivity index (χ3v) is 5.12. The number of rotatable bonds is 4. The Kier molecular flexibility index (Phi) is 5.66. The molecule has 1 aromatic carbocycles. The van der Waals surface area contributed by atoms with Crippen LogP contribution in [0.25, 0.3) is 10.9 Å². The zero-order chi connectivity index (χ0) is 18.7. The molecule has 1 saturated carbocycles. The molecule has 0 aliphatic heterocycles.